The van der Waals surface area contributed by atoms with Crippen LogP contribution in [0, 0.1) is 5.41 Å². The van der Waals surface area contributed by atoms with Gasteiger partial charge in [0.25, 0.3) is 0 Å². The predicted molar refractivity (Wildman–Crippen MR) is 131 cm³/mol. The first-order valence-corrected chi connectivity index (χ1v) is 12.0. The van der Waals surface area contributed by atoms with Crippen molar-refractivity contribution in [3.05, 3.63) is 54.1 Å². The first-order chi connectivity index (χ1) is 15.8. The molecule has 0 radical (unpaired) electrons. The molecule has 2 aromatic carbocycles. The maximum Gasteiger partial charge on any atom is 0.306 e. The summed E-state index contributed by atoms with van der Waals surface area (Å²) in [6, 6.07) is 15.8. The predicted octanol–water partition coefficient (Wildman–Crippen LogP) is 5.81. The van der Waals surface area contributed by atoms with Crippen LogP contribution in [0.2, 0.25) is 0 Å². The molecule has 178 valence electrons. The van der Waals surface area contributed by atoms with Gasteiger partial charge in [0.05, 0.1) is 18.2 Å². The molecular formula is C27H37N3O3. The van der Waals surface area contributed by atoms with Crippen molar-refractivity contribution in [2.75, 3.05) is 6.61 Å². The van der Waals surface area contributed by atoms with Gasteiger partial charge in [-0.1, -0.05) is 77.6 Å². The summed E-state index contributed by atoms with van der Waals surface area (Å²) >= 11 is 0. The maximum atomic E-state index is 12.7. The lowest BCUT2D eigenvalue weighted by molar-refractivity contribution is -0.147. The van der Waals surface area contributed by atoms with Crippen LogP contribution in [-0.4, -0.2) is 38.8 Å². The lowest BCUT2D eigenvalue weighted by atomic mass is 9.74. The highest BCUT2D eigenvalue weighted by Crippen LogP contribution is 2.38. The molecule has 1 N–H and O–H groups in total. The topological polar surface area (TPSA) is 77.2 Å². The van der Waals surface area contributed by atoms with Crippen LogP contribution in [0.4, 0.5) is 0 Å². The summed E-state index contributed by atoms with van der Waals surface area (Å²) in [7, 11) is 0. The zero-order chi connectivity index (χ0) is 23.8. The third-order valence-electron chi connectivity index (χ3n) is 6.03. The quantitative estimate of drug-likeness (QED) is 0.294. The van der Waals surface area contributed by atoms with Crippen molar-refractivity contribution < 1.29 is 14.6 Å². The molecule has 0 spiro atoms. The molecule has 0 saturated carbocycles. The van der Waals surface area contributed by atoms with Crippen molar-refractivity contribution in [3.63, 3.8) is 0 Å². The van der Waals surface area contributed by atoms with Gasteiger partial charge in [-0.15, -0.1) is 10.2 Å². The molecule has 6 nitrogen and oxygen atoms in total. The fraction of sp³-hybridized carbons (Fsp3) is 0.519. The van der Waals surface area contributed by atoms with E-state index in [1.807, 2.05) is 48.5 Å². The summed E-state index contributed by atoms with van der Waals surface area (Å²) in [5, 5.41) is 19.3. The van der Waals surface area contributed by atoms with E-state index in [1.165, 1.54) is 6.42 Å². The Labute approximate surface area is 197 Å². The molecule has 2 unspecified atom stereocenters. The van der Waals surface area contributed by atoms with E-state index in [2.05, 4.69) is 37.9 Å². The fourth-order valence-corrected chi connectivity index (χ4v) is 4.07. The van der Waals surface area contributed by atoms with Gasteiger partial charge >= 0.3 is 5.97 Å². The SMILES string of the molecule is CCCCCCC(O)COC(=O)CC(c1cccc(-n2nc3ccccc3n2)c1)C(C)(C)C. The van der Waals surface area contributed by atoms with Gasteiger partial charge in [-0.25, -0.2) is 0 Å². The molecule has 3 rings (SSSR count). The normalized spacial score (nSPS) is 13.7. The molecule has 0 aliphatic carbocycles. The van der Waals surface area contributed by atoms with E-state index < -0.39 is 6.10 Å². The van der Waals surface area contributed by atoms with E-state index in [0.29, 0.717) is 6.42 Å². The average molecular weight is 452 g/mol. The molecule has 0 bridgehead atoms. The lowest BCUT2D eigenvalue weighted by Gasteiger charge is -2.31. The number of aromatic nitrogens is 3. The number of carbonyl (C=O) groups is 1. The van der Waals surface area contributed by atoms with E-state index in [1.54, 1.807) is 4.80 Å². The van der Waals surface area contributed by atoms with Crippen molar-refractivity contribution in [1.29, 1.82) is 0 Å². The van der Waals surface area contributed by atoms with E-state index >= 15 is 0 Å². The molecule has 2 atom stereocenters. The highest BCUT2D eigenvalue weighted by Gasteiger charge is 2.29. The largest absolute Gasteiger partial charge is 0.463 e. The summed E-state index contributed by atoms with van der Waals surface area (Å²) in [6.07, 6.45) is 4.72. The Bertz CT molecular complexity index is 1010. The van der Waals surface area contributed by atoms with Crippen LogP contribution in [0.15, 0.2) is 48.5 Å². The van der Waals surface area contributed by atoms with E-state index in [4.69, 9.17) is 4.74 Å². The molecule has 0 aliphatic rings. The van der Waals surface area contributed by atoms with Crippen molar-refractivity contribution in [2.45, 2.75) is 78.2 Å². The number of hydrogen-bond donors (Lipinski definition) is 1. The van der Waals surface area contributed by atoms with Crippen LogP contribution < -0.4 is 0 Å². The van der Waals surface area contributed by atoms with Gasteiger partial charge in [-0.05, 0) is 47.6 Å². The highest BCUT2D eigenvalue weighted by molar-refractivity contribution is 5.73. The number of hydrogen-bond acceptors (Lipinski definition) is 5. The van der Waals surface area contributed by atoms with Crippen molar-refractivity contribution >= 4 is 17.0 Å². The third kappa shape index (κ3) is 7.13. The average Bonchev–Trinajstić information content (AvgIpc) is 3.23. The Morgan fingerprint density at radius 1 is 1.03 bits per heavy atom. The second-order valence-corrected chi connectivity index (χ2v) is 9.88. The zero-order valence-corrected chi connectivity index (χ0v) is 20.3. The fourth-order valence-electron chi connectivity index (χ4n) is 4.07. The third-order valence-corrected chi connectivity index (χ3v) is 6.03. The lowest BCUT2D eigenvalue weighted by Crippen LogP contribution is -2.25. The molecular weight excluding hydrogens is 414 g/mol. The summed E-state index contributed by atoms with van der Waals surface area (Å²) in [4.78, 5) is 14.3. The van der Waals surface area contributed by atoms with Gasteiger partial charge in [-0.2, -0.15) is 4.80 Å². The first kappa shape index (κ1) is 24.9. The number of esters is 1. The molecule has 0 aliphatic heterocycles. The Morgan fingerprint density at radius 2 is 1.73 bits per heavy atom. The molecule has 33 heavy (non-hydrogen) atoms. The molecule has 6 heteroatoms. The molecule has 3 aromatic rings. The zero-order valence-electron chi connectivity index (χ0n) is 20.3. The number of fused-ring (bicyclic) bond motifs is 1. The van der Waals surface area contributed by atoms with Crippen LogP contribution in [0.1, 0.15) is 77.7 Å². The van der Waals surface area contributed by atoms with E-state index in [9.17, 15) is 9.90 Å². The maximum absolute atomic E-state index is 12.7. The molecule has 1 aromatic heterocycles. The first-order valence-electron chi connectivity index (χ1n) is 12.0. The number of unbranched alkanes of at least 4 members (excludes halogenated alkanes) is 3. The summed E-state index contributed by atoms with van der Waals surface area (Å²) in [6.45, 7) is 8.60. The Morgan fingerprint density at radius 3 is 2.36 bits per heavy atom. The van der Waals surface area contributed by atoms with Gasteiger partial charge in [-0.3, -0.25) is 4.79 Å². The van der Waals surface area contributed by atoms with E-state index in [0.717, 1.165) is 41.5 Å². The van der Waals surface area contributed by atoms with Crippen LogP contribution in [0.5, 0.6) is 0 Å². The van der Waals surface area contributed by atoms with Gasteiger partial charge in [0.15, 0.2) is 0 Å². The Balaban J connectivity index is 1.68. The number of rotatable bonds is 11. The summed E-state index contributed by atoms with van der Waals surface area (Å²) in [5.41, 5.74) is 3.42. The van der Waals surface area contributed by atoms with Crippen LogP contribution in [0.3, 0.4) is 0 Å². The number of benzene rings is 2. The minimum absolute atomic E-state index is 0.0448. The number of aliphatic hydroxyl groups excluding tert-OH is 1. The monoisotopic (exact) mass is 451 g/mol. The summed E-state index contributed by atoms with van der Waals surface area (Å²) in [5.74, 6) is -0.326. The second-order valence-electron chi connectivity index (χ2n) is 9.88. The van der Waals surface area contributed by atoms with Crippen molar-refractivity contribution in [2.24, 2.45) is 5.41 Å². The molecule has 0 amide bonds. The number of carbonyl (C=O) groups excluding carboxylic acids is 1. The highest BCUT2D eigenvalue weighted by atomic mass is 16.5. The molecule has 0 saturated heterocycles. The number of aliphatic hydroxyl groups is 1. The second kappa shape index (κ2) is 11.4. The minimum atomic E-state index is -0.595. The minimum Gasteiger partial charge on any atom is -0.463 e. The van der Waals surface area contributed by atoms with Crippen molar-refractivity contribution in [3.8, 4) is 5.69 Å². The summed E-state index contributed by atoms with van der Waals surface area (Å²) < 4.78 is 5.44. The van der Waals surface area contributed by atoms with Gasteiger partial charge in [0, 0.05) is 0 Å². The van der Waals surface area contributed by atoms with Gasteiger partial charge < -0.3 is 9.84 Å². The van der Waals surface area contributed by atoms with Crippen LogP contribution >= 0.6 is 0 Å². The van der Waals surface area contributed by atoms with Crippen molar-refractivity contribution in [1.82, 2.24) is 15.0 Å². The number of nitrogens with zero attached hydrogens (tertiary/aromatic N) is 3. The smallest absolute Gasteiger partial charge is 0.306 e. The van der Waals surface area contributed by atoms with Gasteiger partial charge in [0.2, 0.25) is 0 Å². The number of ether oxygens (including phenoxy) is 1. The van der Waals surface area contributed by atoms with Crippen LogP contribution in [0.25, 0.3) is 16.7 Å². The Kier molecular flexibility index (Phi) is 8.61. The van der Waals surface area contributed by atoms with E-state index in [-0.39, 0.29) is 30.3 Å². The standard InChI is InChI=1S/C27H37N3O3/c1-5-6-7-8-14-22(31)19-33-26(32)18-23(27(2,3)4)20-12-11-13-21(17-20)30-28-24-15-9-10-16-25(24)29-30/h9-13,15-17,22-23,31H,5-8,14,18-19H2,1-4H3. The molecule has 1 heterocycles. The van der Waals surface area contributed by atoms with Crippen LogP contribution in [-0.2, 0) is 9.53 Å². The molecule has 0 fully saturated rings. The van der Waals surface area contributed by atoms with Gasteiger partial charge in [0.1, 0.15) is 17.6 Å². The Hall–Kier alpha value is -2.73.